The van der Waals surface area contributed by atoms with Gasteiger partial charge in [-0.3, -0.25) is 14.2 Å². The van der Waals surface area contributed by atoms with Gasteiger partial charge in [0.05, 0.1) is 0 Å². The topological polar surface area (TPSA) is 71.6 Å². The van der Waals surface area contributed by atoms with E-state index in [4.69, 9.17) is 5.73 Å². The van der Waals surface area contributed by atoms with Gasteiger partial charge in [0.15, 0.2) is 0 Å². The molecule has 1 aromatic heterocycles. The summed E-state index contributed by atoms with van der Waals surface area (Å²) in [5.41, 5.74) is 6.69. The Bertz CT molecular complexity index is 759. The van der Waals surface area contributed by atoms with Crippen LogP contribution in [0, 0.1) is 0 Å². The zero-order valence-electron chi connectivity index (χ0n) is 13.1. The highest BCUT2D eigenvalue weighted by molar-refractivity contribution is 5.92. The number of primary amides is 1. The third-order valence-electron chi connectivity index (χ3n) is 4.21. The average Bonchev–Trinajstić information content (AvgIpc) is 2.56. The number of likely N-dealkylation sites (N-methyl/N-ethyl adjacent to an activating group) is 1. The smallest absolute Gasteiger partial charge is 0.267 e. The van der Waals surface area contributed by atoms with Crippen molar-refractivity contribution in [1.82, 2.24) is 9.47 Å². The van der Waals surface area contributed by atoms with Crippen LogP contribution in [-0.2, 0) is 0 Å². The van der Waals surface area contributed by atoms with E-state index in [1.165, 1.54) is 10.6 Å². The molecule has 1 saturated heterocycles. The van der Waals surface area contributed by atoms with E-state index in [0.29, 0.717) is 0 Å². The third kappa shape index (κ3) is 3.12. The van der Waals surface area contributed by atoms with Crippen LogP contribution in [0.3, 0.4) is 0 Å². The first-order chi connectivity index (χ1) is 11.1. The lowest BCUT2D eigenvalue weighted by Crippen LogP contribution is -2.44. The van der Waals surface area contributed by atoms with Gasteiger partial charge in [0.1, 0.15) is 5.56 Å². The van der Waals surface area contributed by atoms with Crippen LogP contribution in [-0.4, -0.2) is 48.6 Å². The van der Waals surface area contributed by atoms with Crippen LogP contribution in [0.15, 0.2) is 47.4 Å². The molecule has 1 aliphatic heterocycles. The quantitative estimate of drug-likeness (QED) is 0.905. The molecule has 2 aromatic rings. The van der Waals surface area contributed by atoms with E-state index in [2.05, 4.69) is 16.8 Å². The first kappa shape index (κ1) is 15.3. The third-order valence-corrected chi connectivity index (χ3v) is 4.21. The lowest BCUT2D eigenvalue weighted by atomic mass is 10.2. The summed E-state index contributed by atoms with van der Waals surface area (Å²) in [7, 11) is 2.12. The summed E-state index contributed by atoms with van der Waals surface area (Å²) in [5.74, 6) is -0.710. The molecule has 0 spiro atoms. The SMILES string of the molecule is CN1CCN(c2ccc(-n3cccc(C(N)=O)c3=O)cc2)CC1. The van der Waals surface area contributed by atoms with Gasteiger partial charge in [-0.2, -0.15) is 0 Å². The fraction of sp³-hybridized carbons (Fsp3) is 0.294. The summed E-state index contributed by atoms with van der Waals surface area (Å²) >= 11 is 0. The number of anilines is 1. The number of amides is 1. The highest BCUT2D eigenvalue weighted by Crippen LogP contribution is 2.18. The number of carbonyl (C=O) groups is 1. The molecule has 0 saturated carbocycles. The number of hydrogen-bond donors (Lipinski definition) is 1. The second-order valence-corrected chi connectivity index (χ2v) is 5.77. The molecular weight excluding hydrogens is 292 g/mol. The number of rotatable bonds is 3. The van der Waals surface area contributed by atoms with Gasteiger partial charge in [0.2, 0.25) is 0 Å². The molecule has 0 aliphatic carbocycles. The standard InChI is InChI=1S/C17H20N4O2/c1-19-9-11-20(12-10-19)13-4-6-14(7-5-13)21-8-2-3-15(16(18)22)17(21)23/h2-8H,9-12H2,1H3,(H2,18,22). The highest BCUT2D eigenvalue weighted by atomic mass is 16.2. The second kappa shape index (κ2) is 6.26. The summed E-state index contributed by atoms with van der Waals surface area (Å²) in [6.07, 6.45) is 1.64. The van der Waals surface area contributed by atoms with Crippen molar-refractivity contribution in [1.29, 1.82) is 0 Å². The van der Waals surface area contributed by atoms with Crippen LogP contribution in [0.2, 0.25) is 0 Å². The lowest BCUT2D eigenvalue weighted by Gasteiger charge is -2.34. The van der Waals surface area contributed by atoms with Gasteiger partial charge in [-0.15, -0.1) is 0 Å². The number of piperazine rings is 1. The summed E-state index contributed by atoms with van der Waals surface area (Å²) < 4.78 is 1.44. The number of aromatic nitrogens is 1. The summed E-state index contributed by atoms with van der Waals surface area (Å²) in [6, 6.07) is 10.9. The number of hydrogen-bond acceptors (Lipinski definition) is 4. The molecule has 6 heteroatoms. The van der Waals surface area contributed by atoms with Gasteiger partial charge in [-0.25, -0.2) is 0 Å². The Balaban J connectivity index is 1.87. The average molecular weight is 312 g/mol. The van der Waals surface area contributed by atoms with E-state index < -0.39 is 11.5 Å². The van der Waals surface area contributed by atoms with Gasteiger partial charge in [-0.05, 0) is 43.4 Å². The van der Waals surface area contributed by atoms with Crippen LogP contribution in [0.25, 0.3) is 5.69 Å². The normalized spacial score (nSPS) is 15.6. The zero-order valence-corrected chi connectivity index (χ0v) is 13.1. The zero-order chi connectivity index (χ0) is 16.4. The summed E-state index contributed by atoms with van der Waals surface area (Å²) in [6.45, 7) is 4.07. The Hall–Kier alpha value is -2.60. The van der Waals surface area contributed by atoms with Crippen molar-refractivity contribution in [3.63, 3.8) is 0 Å². The summed E-state index contributed by atoms with van der Waals surface area (Å²) in [4.78, 5) is 28.2. The van der Waals surface area contributed by atoms with E-state index in [1.54, 1.807) is 12.3 Å². The number of pyridine rings is 1. The first-order valence-corrected chi connectivity index (χ1v) is 7.61. The van der Waals surface area contributed by atoms with Gasteiger partial charge in [0.25, 0.3) is 11.5 Å². The largest absolute Gasteiger partial charge is 0.369 e. The molecule has 0 bridgehead atoms. The van der Waals surface area contributed by atoms with Crippen molar-refractivity contribution in [3.05, 3.63) is 58.5 Å². The van der Waals surface area contributed by atoms with Crippen molar-refractivity contribution in [3.8, 4) is 5.69 Å². The highest BCUT2D eigenvalue weighted by Gasteiger charge is 2.14. The molecule has 6 nitrogen and oxygen atoms in total. The molecule has 0 atom stereocenters. The molecular formula is C17H20N4O2. The number of nitrogens with two attached hydrogens (primary N) is 1. The van der Waals surface area contributed by atoms with Crippen LogP contribution in [0.5, 0.6) is 0 Å². The number of nitrogens with zero attached hydrogens (tertiary/aromatic N) is 3. The fourth-order valence-corrected chi connectivity index (χ4v) is 2.77. The van der Waals surface area contributed by atoms with Crippen molar-refractivity contribution in [2.24, 2.45) is 5.73 Å². The molecule has 0 radical (unpaired) electrons. The van der Waals surface area contributed by atoms with Crippen LogP contribution >= 0.6 is 0 Å². The monoisotopic (exact) mass is 312 g/mol. The molecule has 2 N–H and O–H groups in total. The van der Waals surface area contributed by atoms with Gasteiger partial charge >= 0.3 is 0 Å². The Labute approximate surface area is 134 Å². The lowest BCUT2D eigenvalue weighted by molar-refractivity contribution is 0.0998. The molecule has 23 heavy (non-hydrogen) atoms. The van der Waals surface area contributed by atoms with Crippen molar-refractivity contribution >= 4 is 11.6 Å². The maximum atomic E-state index is 12.3. The summed E-state index contributed by atoms with van der Waals surface area (Å²) in [5, 5.41) is 0. The van der Waals surface area contributed by atoms with E-state index >= 15 is 0 Å². The van der Waals surface area contributed by atoms with E-state index in [1.807, 2.05) is 24.3 Å². The maximum absolute atomic E-state index is 12.3. The minimum Gasteiger partial charge on any atom is -0.369 e. The van der Waals surface area contributed by atoms with Crippen molar-refractivity contribution in [2.75, 3.05) is 38.1 Å². The van der Waals surface area contributed by atoms with Crippen molar-refractivity contribution < 1.29 is 4.79 Å². The molecule has 3 rings (SSSR count). The van der Waals surface area contributed by atoms with Crippen LogP contribution < -0.4 is 16.2 Å². The minimum absolute atomic E-state index is 0.00403. The predicted molar refractivity (Wildman–Crippen MR) is 90.3 cm³/mol. The van der Waals surface area contributed by atoms with E-state index in [0.717, 1.165) is 37.6 Å². The second-order valence-electron chi connectivity index (χ2n) is 5.77. The molecule has 1 amide bonds. The fourth-order valence-electron chi connectivity index (χ4n) is 2.77. The number of carbonyl (C=O) groups excluding carboxylic acids is 1. The Kier molecular flexibility index (Phi) is 4.16. The molecule has 2 heterocycles. The van der Waals surface area contributed by atoms with E-state index in [9.17, 15) is 9.59 Å². The Morgan fingerprint density at radius 1 is 1.00 bits per heavy atom. The molecule has 1 fully saturated rings. The number of benzene rings is 1. The Morgan fingerprint density at radius 2 is 1.61 bits per heavy atom. The van der Waals surface area contributed by atoms with Gasteiger partial charge < -0.3 is 15.5 Å². The van der Waals surface area contributed by atoms with Crippen molar-refractivity contribution in [2.45, 2.75) is 0 Å². The van der Waals surface area contributed by atoms with Crippen LogP contribution in [0.1, 0.15) is 10.4 Å². The van der Waals surface area contributed by atoms with Gasteiger partial charge in [-0.1, -0.05) is 0 Å². The Morgan fingerprint density at radius 3 is 2.22 bits per heavy atom. The predicted octanol–water partition coefficient (Wildman–Crippen LogP) is 0.688. The first-order valence-electron chi connectivity index (χ1n) is 7.61. The maximum Gasteiger partial charge on any atom is 0.267 e. The van der Waals surface area contributed by atoms with Gasteiger partial charge in [0, 0.05) is 43.8 Å². The molecule has 1 aliphatic rings. The molecule has 120 valence electrons. The minimum atomic E-state index is -0.710. The molecule has 1 aromatic carbocycles. The van der Waals surface area contributed by atoms with E-state index in [-0.39, 0.29) is 5.56 Å². The molecule has 0 unspecified atom stereocenters. The van der Waals surface area contributed by atoms with Crippen LogP contribution in [0.4, 0.5) is 5.69 Å².